The maximum atomic E-state index is 13.6. The van der Waals surface area contributed by atoms with E-state index in [0.29, 0.717) is 22.3 Å². The quantitative estimate of drug-likeness (QED) is 0.879. The number of nitrogens with one attached hydrogen (secondary N) is 1. The van der Waals surface area contributed by atoms with Crippen LogP contribution in [0.5, 0.6) is 5.75 Å². The molecule has 0 fully saturated rings. The molecule has 0 saturated heterocycles. The molecule has 0 bridgehead atoms. The van der Waals surface area contributed by atoms with Gasteiger partial charge in [-0.25, -0.2) is 4.39 Å². The van der Waals surface area contributed by atoms with E-state index >= 15 is 0 Å². The van der Waals surface area contributed by atoms with Crippen LogP contribution in [-0.4, -0.2) is 7.11 Å². The highest BCUT2D eigenvalue weighted by atomic mass is 35.5. The zero-order valence-corrected chi connectivity index (χ0v) is 11.7. The Kier molecular flexibility index (Phi) is 4.51. The lowest BCUT2D eigenvalue weighted by atomic mass is 10.2. The molecule has 2 aromatic rings. The molecular weight excluding hydrogens is 288 g/mol. The number of anilines is 1. The molecule has 0 aliphatic carbocycles. The molecule has 2 rings (SSSR count). The number of ether oxygens (including phenoxy) is 1. The lowest BCUT2D eigenvalue weighted by Gasteiger charge is -2.10. The molecule has 0 aromatic heterocycles. The molecule has 0 saturated carbocycles. The molecule has 2 aromatic carbocycles. The third-order valence-corrected chi connectivity index (χ3v) is 3.26. The summed E-state index contributed by atoms with van der Waals surface area (Å²) in [6.07, 6.45) is 0. The fourth-order valence-corrected chi connectivity index (χ4v) is 2.19. The largest absolute Gasteiger partial charge is 0.495 e. The monoisotopic (exact) mass is 299 g/mol. The molecule has 0 spiro atoms. The normalized spacial score (nSPS) is 10.3. The minimum Gasteiger partial charge on any atom is -0.495 e. The molecule has 0 aliphatic rings. The van der Waals surface area contributed by atoms with Crippen molar-refractivity contribution in [3.63, 3.8) is 0 Å². The van der Waals surface area contributed by atoms with Crippen LogP contribution in [-0.2, 0) is 6.54 Å². The molecule has 0 amide bonds. The Bertz CT molecular complexity index is 569. The summed E-state index contributed by atoms with van der Waals surface area (Å²) in [5.74, 6) is 0.224. The van der Waals surface area contributed by atoms with Crippen LogP contribution in [0.15, 0.2) is 36.4 Å². The van der Waals surface area contributed by atoms with Crippen LogP contribution in [0.3, 0.4) is 0 Å². The Morgan fingerprint density at radius 1 is 1.16 bits per heavy atom. The third kappa shape index (κ3) is 3.31. The van der Waals surface area contributed by atoms with Crippen LogP contribution in [0.4, 0.5) is 10.1 Å². The van der Waals surface area contributed by atoms with Gasteiger partial charge in [-0.3, -0.25) is 0 Å². The van der Waals surface area contributed by atoms with Gasteiger partial charge in [0.15, 0.2) is 0 Å². The van der Waals surface area contributed by atoms with Crippen LogP contribution in [0.2, 0.25) is 10.0 Å². The number of para-hydroxylation sites is 1. The topological polar surface area (TPSA) is 21.3 Å². The van der Waals surface area contributed by atoms with Crippen molar-refractivity contribution in [2.45, 2.75) is 6.54 Å². The summed E-state index contributed by atoms with van der Waals surface area (Å²) >= 11 is 11.9. The van der Waals surface area contributed by atoms with Crippen molar-refractivity contribution in [3.8, 4) is 5.75 Å². The highest BCUT2D eigenvalue weighted by Crippen LogP contribution is 2.27. The molecule has 0 unspecified atom stereocenters. The molecule has 2 nitrogen and oxygen atoms in total. The van der Waals surface area contributed by atoms with Crippen molar-refractivity contribution in [1.82, 2.24) is 0 Å². The number of benzene rings is 2. The van der Waals surface area contributed by atoms with Crippen LogP contribution >= 0.6 is 23.2 Å². The second kappa shape index (κ2) is 6.13. The predicted octanol–water partition coefficient (Wildman–Crippen LogP) is 4.75. The van der Waals surface area contributed by atoms with Gasteiger partial charge < -0.3 is 10.1 Å². The number of rotatable bonds is 4. The second-order valence-electron chi connectivity index (χ2n) is 3.92. The van der Waals surface area contributed by atoms with Gasteiger partial charge in [0.1, 0.15) is 11.6 Å². The first-order valence-corrected chi connectivity index (χ1v) is 6.37. The number of hydrogen-bond donors (Lipinski definition) is 1. The van der Waals surface area contributed by atoms with E-state index < -0.39 is 0 Å². The summed E-state index contributed by atoms with van der Waals surface area (Å²) in [5.41, 5.74) is 1.20. The summed E-state index contributed by atoms with van der Waals surface area (Å²) in [6.45, 7) is 0.421. The maximum Gasteiger partial charge on any atom is 0.147 e. The Hall–Kier alpha value is -1.45. The van der Waals surface area contributed by atoms with E-state index in [2.05, 4.69) is 5.32 Å². The average Bonchev–Trinajstić information content (AvgIpc) is 2.38. The minimum absolute atomic E-state index is 0.288. The van der Waals surface area contributed by atoms with E-state index in [1.165, 1.54) is 6.07 Å². The third-order valence-electron chi connectivity index (χ3n) is 2.65. The number of hydrogen-bond acceptors (Lipinski definition) is 2. The zero-order chi connectivity index (χ0) is 13.8. The Morgan fingerprint density at radius 2 is 1.95 bits per heavy atom. The number of methoxy groups -OCH3 is 1. The van der Waals surface area contributed by atoms with Gasteiger partial charge >= 0.3 is 0 Å². The smallest absolute Gasteiger partial charge is 0.147 e. The summed E-state index contributed by atoms with van der Waals surface area (Å²) in [6, 6.07) is 9.94. The molecule has 0 radical (unpaired) electrons. The molecule has 5 heteroatoms. The van der Waals surface area contributed by atoms with Gasteiger partial charge in [0.05, 0.1) is 22.8 Å². The summed E-state index contributed by atoms with van der Waals surface area (Å²) in [4.78, 5) is 0. The van der Waals surface area contributed by atoms with Crippen molar-refractivity contribution >= 4 is 28.9 Å². The highest BCUT2D eigenvalue weighted by molar-refractivity contribution is 6.33. The molecule has 100 valence electrons. The van der Waals surface area contributed by atoms with Crippen LogP contribution in [0, 0.1) is 5.82 Å². The van der Waals surface area contributed by atoms with Crippen molar-refractivity contribution in [3.05, 3.63) is 57.8 Å². The van der Waals surface area contributed by atoms with Crippen molar-refractivity contribution in [2.75, 3.05) is 12.4 Å². The van der Waals surface area contributed by atoms with Crippen LogP contribution in [0.1, 0.15) is 5.56 Å². The van der Waals surface area contributed by atoms with Crippen LogP contribution in [0.25, 0.3) is 0 Å². The van der Waals surface area contributed by atoms with Crippen molar-refractivity contribution < 1.29 is 9.13 Å². The summed E-state index contributed by atoms with van der Waals surface area (Å²) < 4.78 is 18.6. The first-order chi connectivity index (χ1) is 9.11. The second-order valence-corrected chi connectivity index (χ2v) is 4.73. The van der Waals surface area contributed by atoms with Gasteiger partial charge in [-0.15, -0.1) is 0 Å². The van der Waals surface area contributed by atoms with Crippen molar-refractivity contribution in [1.29, 1.82) is 0 Å². The minimum atomic E-state index is -0.382. The molecule has 19 heavy (non-hydrogen) atoms. The Balaban J connectivity index is 2.13. The Labute approximate surface area is 121 Å². The molecule has 0 aliphatic heterocycles. The molecule has 0 heterocycles. The van der Waals surface area contributed by atoms with Gasteiger partial charge in [0.2, 0.25) is 0 Å². The van der Waals surface area contributed by atoms with E-state index in [9.17, 15) is 4.39 Å². The average molecular weight is 300 g/mol. The maximum absolute atomic E-state index is 13.6. The lowest BCUT2D eigenvalue weighted by Crippen LogP contribution is -2.02. The van der Waals surface area contributed by atoms with E-state index in [0.717, 1.165) is 5.56 Å². The summed E-state index contributed by atoms with van der Waals surface area (Å²) in [5, 5.41) is 3.82. The van der Waals surface area contributed by atoms with Gasteiger partial charge in [0, 0.05) is 6.54 Å². The van der Waals surface area contributed by atoms with Crippen molar-refractivity contribution in [2.24, 2.45) is 0 Å². The van der Waals surface area contributed by atoms with Gasteiger partial charge in [0.25, 0.3) is 0 Å². The fraction of sp³-hybridized carbons (Fsp3) is 0.143. The SMILES string of the molecule is COc1ccc(CNc2c(F)cccc2Cl)cc1Cl. The lowest BCUT2D eigenvalue weighted by molar-refractivity contribution is 0.415. The van der Waals surface area contributed by atoms with Gasteiger partial charge in [-0.05, 0) is 29.8 Å². The first-order valence-electron chi connectivity index (χ1n) is 5.62. The highest BCUT2D eigenvalue weighted by Gasteiger charge is 2.07. The van der Waals surface area contributed by atoms with E-state index in [1.807, 2.05) is 6.07 Å². The van der Waals surface area contributed by atoms with Gasteiger partial charge in [-0.2, -0.15) is 0 Å². The zero-order valence-electron chi connectivity index (χ0n) is 10.2. The fourth-order valence-electron chi connectivity index (χ4n) is 1.68. The first kappa shape index (κ1) is 14.0. The van der Waals surface area contributed by atoms with Crippen LogP contribution < -0.4 is 10.1 Å². The molecule has 0 atom stereocenters. The molecule has 1 N–H and O–H groups in total. The van der Waals surface area contributed by atoms with E-state index in [4.69, 9.17) is 27.9 Å². The summed E-state index contributed by atoms with van der Waals surface area (Å²) in [7, 11) is 1.55. The predicted molar refractivity (Wildman–Crippen MR) is 76.7 cm³/mol. The van der Waals surface area contributed by atoms with E-state index in [-0.39, 0.29) is 11.5 Å². The molecular formula is C14H12Cl2FNO. The van der Waals surface area contributed by atoms with E-state index in [1.54, 1.807) is 31.4 Å². The standard InChI is InChI=1S/C14H12Cl2FNO/c1-19-13-6-5-9(7-11(13)16)8-18-14-10(15)3-2-4-12(14)17/h2-7,18H,8H2,1H3. The van der Waals surface area contributed by atoms with Gasteiger partial charge in [-0.1, -0.05) is 35.3 Å². The Morgan fingerprint density at radius 3 is 2.58 bits per heavy atom. The number of halogens is 3.